The van der Waals surface area contributed by atoms with Gasteiger partial charge in [0.25, 0.3) is 11.8 Å². The van der Waals surface area contributed by atoms with Crippen molar-refractivity contribution in [1.82, 2.24) is 10.2 Å². The lowest BCUT2D eigenvalue weighted by atomic mass is 10.0. The fraction of sp³-hybridized carbons (Fsp3) is 0.600. The van der Waals surface area contributed by atoms with Crippen molar-refractivity contribution in [3.8, 4) is 0 Å². The fourth-order valence-corrected chi connectivity index (χ4v) is 5.09. The Morgan fingerprint density at radius 3 is 2.58 bits per heavy atom. The second-order valence-electron chi connectivity index (χ2n) is 7.63. The van der Waals surface area contributed by atoms with Gasteiger partial charge in [0.05, 0.1) is 5.75 Å². The second-order valence-corrected chi connectivity index (χ2v) is 9.06. The first-order chi connectivity index (χ1) is 12.4. The van der Waals surface area contributed by atoms with Crippen LogP contribution >= 0.6 is 11.8 Å². The third kappa shape index (κ3) is 4.23. The van der Waals surface area contributed by atoms with Crippen LogP contribution in [0.4, 0.5) is 0 Å². The number of benzene rings is 1. The van der Waals surface area contributed by atoms with E-state index >= 15 is 0 Å². The molecule has 0 radical (unpaired) electrons. The lowest BCUT2D eigenvalue weighted by Crippen LogP contribution is -3.00. The van der Waals surface area contributed by atoms with Gasteiger partial charge >= 0.3 is 0 Å². The number of hydrogen-bond acceptors (Lipinski definition) is 3. The third-order valence-electron chi connectivity index (χ3n) is 5.59. The zero-order valence-electron chi connectivity index (χ0n) is 16.0. The van der Waals surface area contributed by atoms with Crippen molar-refractivity contribution in [1.29, 1.82) is 0 Å². The summed E-state index contributed by atoms with van der Waals surface area (Å²) in [5.74, 6) is 1.13. The molecule has 1 aromatic rings. The minimum absolute atomic E-state index is 0.00616. The van der Waals surface area contributed by atoms with Gasteiger partial charge in [0.2, 0.25) is 0 Å². The van der Waals surface area contributed by atoms with E-state index in [0.29, 0.717) is 0 Å². The van der Waals surface area contributed by atoms with Crippen LogP contribution in [-0.4, -0.2) is 52.5 Å². The van der Waals surface area contributed by atoms with Crippen LogP contribution in [-0.2, 0) is 4.79 Å². The first-order valence-corrected chi connectivity index (χ1v) is 10.6. The normalized spacial score (nSPS) is 23.0. The van der Waals surface area contributed by atoms with E-state index in [-0.39, 0.29) is 28.8 Å². The van der Waals surface area contributed by atoms with Gasteiger partial charge in [-0.3, -0.25) is 9.59 Å². The smallest absolute Gasteiger partial charge is 0.279 e. The summed E-state index contributed by atoms with van der Waals surface area (Å²) < 4.78 is 0. The maximum atomic E-state index is 12.7. The lowest BCUT2D eigenvalue weighted by molar-refractivity contribution is -0.714. The molecule has 26 heavy (non-hydrogen) atoms. The minimum atomic E-state index is -0.00616. The van der Waals surface area contributed by atoms with E-state index in [0.717, 1.165) is 49.2 Å². The van der Waals surface area contributed by atoms with Crippen LogP contribution in [0, 0.1) is 6.92 Å². The highest BCUT2D eigenvalue weighted by atomic mass is 32.2. The van der Waals surface area contributed by atoms with Gasteiger partial charge in [0.1, 0.15) is 4.87 Å². The Bertz CT molecular complexity index is 654. The summed E-state index contributed by atoms with van der Waals surface area (Å²) in [6, 6.07) is 8.01. The van der Waals surface area contributed by atoms with Crippen molar-refractivity contribution >= 4 is 23.6 Å². The number of rotatable bonds is 4. The van der Waals surface area contributed by atoms with Crippen LogP contribution in [0.3, 0.4) is 0 Å². The summed E-state index contributed by atoms with van der Waals surface area (Å²) in [7, 11) is 0. The quantitative estimate of drug-likeness (QED) is 0.837. The Hall–Kier alpha value is -1.53. The van der Waals surface area contributed by atoms with Gasteiger partial charge in [-0.2, -0.15) is 0 Å². The van der Waals surface area contributed by atoms with Gasteiger partial charge < -0.3 is 15.5 Å². The molecule has 0 aromatic heterocycles. The predicted octanol–water partition coefficient (Wildman–Crippen LogP) is 1.52. The Kier molecular flexibility index (Phi) is 5.92. The highest BCUT2D eigenvalue weighted by Crippen LogP contribution is 2.34. The summed E-state index contributed by atoms with van der Waals surface area (Å²) in [6.45, 7) is 7.68. The maximum Gasteiger partial charge on any atom is 0.279 e. The molecule has 2 saturated heterocycles. The van der Waals surface area contributed by atoms with Crippen molar-refractivity contribution < 1.29 is 14.9 Å². The van der Waals surface area contributed by atoms with Gasteiger partial charge in [-0.25, -0.2) is 0 Å². The number of likely N-dealkylation sites (tertiary alicyclic amines) is 1. The van der Waals surface area contributed by atoms with E-state index in [1.807, 2.05) is 54.8 Å². The molecule has 0 unspecified atom stereocenters. The van der Waals surface area contributed by atoms with Crippen molar-refractivity contribution in [3.63, 3.8) is 0 Å². The number of amides is 2. The van der Waals surface area contributed by atoms with Gasteiger partial charge in [-0.05, 0) is 32.4 Å². The monoisotopic (exact) mass is 376 g/mol. The maximum absolute atomic E-state index is 12.7. The molecule has 2 atom stereocenters. The van der Waals surface area contributed by atoms with E-state index in [1.165, 1.54) is 0 Å². The largest absolute Gasteiger partial charge is 0.348 e. The lowest BCUT2D eigenvalue weighted by Gasteiger charge is -2.36. The van der Waals surface area contributed by atoms with E-state index < -0.39 is 0 Å². The number of thioether (sulfide) groups is 1. The number of nitrogens with one attached hydrogen (secondary N) is 1. The SMILES string of the molecule is CC[C@H](C)NC(=O)[C@H]1CSC2(CCN(C(=O)c3ccc(C)cc3)CC2)[NH2+]1. The summed E-state index contributed by atoms with van der Waals surface area (Å²) in [5.41, 5.74) is 1.93. The molecule has 2 amide bonds. The van der Waals surface area contributed by atoms with E-state index in [2.05, 4.69) is 17.6 Å². The standard InChI is InChI=1S/C20H29N3O2S/c1-4-15(3)21-18(24)17-13-26-20(22-17)9-11-23(12-10-20)19(25)16-7-5-14(2)6-8-16/h5-8,15,17,22H,4,9-13H2,1-3H3,(H,21,24)/p+1/t15-,17+/m0/s1. The number of carbonyl (C=O) groups is 2. The van der Waals surface area contributed by atoms with Crippen LogP contribution in [0.1, 0.15) is 49.0 Å². The van der Waals surface area contributed by atoms with Gasteiger partial charge in [0, 0.05) is 37.5 Å². The number of nitrogens with two attached hydrogens (primary N) is 1. The van der Waals surface area contributed by atoms with Crippen LogP contribution in [0.25, 0.3) is 0 Å². The molecule has 1 spiro atoms. The first kappa shape index (κ1) is 19.2. The Balaban J connectivity index is 1.54. The Morgan fingerprint density at radius 1 is 1.31 bits per heavy atom. The van der Waals surface area contributed by atoms with Gasteiger partial charge in [-0.15, -0.1) is 0 Å². The van der Waals surface area contributed by atoms with Crippen LogP contribution in [0.5, 0.6) is 0 Å². The molecule has 0 aliphatic carbocycles. The first-order valence-electron chi connectivity index (χ1n) is 9.59. The molecule has 6 heteroatoms. The molecule has 142 valence electrons. The molecule has 2 aliphatic rings. The number of aryl methyl sites for hydroxylation is 1. The highest BCUT2D eigenvalue weighted by molar-refractivity contribution is 8.00. The van der Waals surface area contributed by atoms with Crippen molar-refractivity contribution in [2.45, 2.75) is 57.0 Å². The van der Waals surface area contributed by atoms with Gasteiger partial charge in [-0.1, -0.05) is 36.4 Å². The topological polar surface area (TPSA) is 66.0 Å². The van der Waals surface area contributed by atoms with Crippen molar-refractivity contribution in [2.75, 3.05) is 18.8 Å². The van der Waals surface area contributed by atoms with E-state index in [4.69, 9.17) is 0 Å². The highest BCUT2D eigenvalue weighted by Gasteiger charge is 2.48. The minimum Gasteiger partial charge on any atom is -0.348 e. The molecule has 1 aromatic carbocycles. The molecule has 2 fully saturated rings. The molecular formula is C20H30N3O2S+. The molecule has 5 nitrogen and oxygen atoms in total. The molecule has 2 aliphatic heterocycles. The summed E-state index contributed by atoms with van der Waals surface area (Å²) >= 11 is 1.89. The molecule has 0 saturated carbocycles. The Morgan fingerprint density at radius 2 is 1.96 bits per heavy atom. The number of piperidine rings is 1. The molecular weight excluding hydrogens is 346 g/mol. The average Bonchev–Trinajstić information content (AvgIpc) is 3.06. The van der Waals surface area contributed by atoms with E-state index in [1.54, 1.807) is 0 Å². The van der Waals surface area contributed by atoms with Gasteiger partial charge in [0.15, 0.2) is 6.04 Å². The number of nitrogens with zero attached hydrogens (tertiary/aromatic N) is 1. The number of hydrogen-bond donors (Lipinski definition) is 2. The van der Waals surface area contributed by atoms with Crippen LogP contribution in [0.2, 0.25) is 0 Å². The van der Waals surface area contributed by atoms with Crippen LogP contribution < -0.4 is 10.6 Å². The molecule has 3 rings (SSSR count). The fourth-order valence-electron chi connectivity index (χ4n) is 3.60. The molecule has 2 heterocycles. The van der Waals surface area contributed by atoms with Crippen molar-refractivity contribution in [3.05, 3.63) is 35.4 Å². The Labute approximate surface area is 160 Å². The zero-order valence-corrected chi connectivity index (χ0v) is 16.8. The summed E-state index contributed by atoms with van der Waals surface area (Å²) in [4.78, 5) is 27.1. The summed E-state index contributed by atoms with van der Waals surface area (Å²) in [6.07, 6.45) is 2.82. The van der Waals surface area contributed by atoms with E-state index in [9.17, 15) is 9.59 Å². The molecule has 0 bridgehead atoms. The summed E-state index contributed by atoms with van der Waals surface area (Å²) in [5, 5.41) is 5.35. The number of quaternary nitrogens is 1. The zero-order chi connectivity index (χ0) is 18.7. The average molecular weight is 377 g/mol. The number of carbonyl (C=O) groups excluding carboxylic acids is 2. The third-order valence-corrected chi connectivity index (χ3v) is 7.23. The molecule has 3 N–H and O–H groups in total. The second kappa shape index (κ2) is 8.01. The van der Waals surface area contributed by atoms with Crippen molar-refractivity contribution in [2.24, 2.45) is 0 Å². The predicted molar refractivity (Wildman–Crippen MR) is 105 cm³/mol. The van der Waals surface area contributed by atoms with Crippen LogP contribution in [0.15, 0.2) is 24.3 Å².